The number of nitrogens with one attached hydrogen (secondary N) is 2. The van der Waals surface area contributed by atoms with E-state index in [-0.39, 0.29) is 24.0 Å². The molecule has 154 valence electrons. The lowest BCUT2D eigenvalue weighted by atomic mass is 10.2. The second-order valence-electron chi connectivity index (χ2n) is 6.89. The number of rotatable bonds is 9. The molecule has 0 aliphatic carbocycles. The van der Waals surface area contributed by atoms with E-state index in [0.29, 0.717) is 12.5 Å². The summed E-state index contributed by atoms with van der Waals surface area (Å²) in [7, 11) is 0. The summed E-state index contributed by atoms with van der Waals surface area (Å²) in [4.78, 5) is 7.14. The van der Waals surface area contributed by atoms with E-state index < -0.39 is 0 Å². The first-order valence-electron chi connectivity index (χ1n) is 9.72. The Morgan fingerprint density at radius 2 is 1.96 bits per heavy atom. The molecule has 0 bridgehead atoms. The van der Waals surface area contributed by atoms with Crippen LogP contribution in [0.2, 0.25) is 0 Å². The van der Waals surface area contributed by atoms with Crippen LogP contribution >= 0.6 is 24.0 Å². The Labute approximate surface area is 181 Å². The maximum atomic E-state index is 5.92. The van der Waals surface area contributed by atoms with Gasteiger partial charge >= 0.3 is 0 Å². The fourth-order valence-electron chi connectivity index (χ4n) is 2.69. The number of aliphatic imine (C=N–C) groups is 1. The van der Waals surface area contributed by atoms with E-state index in [0.717, 1.165) is 69.8 Å². The molecule has 0 unspecified atom stereocenters. The number of hydrogen-bond acceptors (Lipinski definition) is 4. The lowest BCUT2D eigenvalue weighted by Gasteiger charge is -2.26. The molecular weight excluding hydrogens is 455 g/mol. The molecule has 1 saturated heterocycles. The van der Waals surface area contributed by atoms with Gasteiger partial charge in [-0.15, -0.1) is 24.0 Å². The van der Waals surface area contributed by atoms with Gasteiger partial charge in [0, 0.05) is 38.3 Å². The SMILES string of the molecule is CCNC(=NCc1ccccc1OCC(C)C)NCCN1CCOCC1.I. The molecule has 7 heteroatoms. The average molecular weight is 490 g/mol. The molecule has 0 saturated carbocycles. The van der Waals surface area contributed by atoms with Gasteiger partial charge in [-0.2, -0.15) is 0 Å². The molecular formula is C20H35IN4O2. The summed E-state index contributed by atoms with van der Waals surface area (Å²) in [5.41, 5.74) is 1.11. The van der Waals surface area contributed by atoms with Crippen LogP contribution in [-0.2, 0) is 11.3 Å². The molecule has 2 N–H and O–H groups in total. The number of benzene rings is 1. The van der Waals surface area contributed by atoms with Crippen molar-refractivity contribution in [2.75, 3.05) is 52.5 Å². The lowest BCUT2D eigenvalue weighted by Crippen LogP contribution is -2.44. The van der Waals surface area contributed by atoms with E-state index in [9.17, 15) is 0 Å². The Kier molecular flexibility index (Phi) is 12.4. The zero-order valence-electron chi connectivity index (χ0n) is 16.9. The normalized spacial score (nSPS) is 15.3. The number of ether oxygens (including phenoxy) is 2. The second-order valence-corrected chi connectivity index (χ2v) is 6.89. The molecule has 1 heterocycles. The van der Waals surface area contributed by atoms with Gasteiger partial charge in [0.25, 0.3) is 0 Å². The summed E-state index contributed by atoms with van der Waals surface area (Å²) in [5.74, 6) is 2.28. The minimum absolute atomic E-state index is 0. The van der Waals surface area contributed by atoms with Crippen molar-refractivity contribution in [3.05, 3.63) is 29.8 Å². The highest BCUT2D eigenvalue weighted by Crippen LogP contribution is 2.19. The predicted octanol–water partition coefficient (Wildman–Crippen LogP) is 2.73. The van der Waals surface area contributed by atoms with Crippen molar-refractivity contribution in [2.24, 2.45) is 10.9 Å². The van der Waals surface area contributed by atoms with Crippen LogP contribution in [0.5, 0.6) is 5.75 Å². The van der Waals surface area contributed by atoms with Crippen LogP contribution in [-0.4, -0.2) is 63.4 Å². The third kappa shape index (κ3) is 9.62. The van der Waals surface area contributed by atoms with E-state index in [1.165, 1.54) is 0 Å². The molecule has 0 atom stereocenters. The Morgan fingerprint density at radius 3 is 2.67 bits per heavy atom. The quantitative estimate of drug-likeness (QED) is 0.317. The van der Waals surface area contributed by atoms with E-state index in [2.05, 4.69) is 42.4 Å². The molecule has 1 aromatic carbocycles. The third-order valence-corrected chi connectivity index (χ3v) is 4.12. The van der Waals surface area contributed by atoms with Crippen LogP contribution in [0.25, 0.3) is 0 Å². The van der Waals surface area contributed by atoms with Gasteiger partial charge in [0.15, 0.2) is 5.96 Å². The van der Waals surface area contributed by atoms with Gasteiger partial charge in [0.2, 0.25) is 0 Å². The minimum Gasteiger partial charge on any atom is -0.493 e. The van der Waals surface area contributed by atoms with Crippen molar-refractivity contribution in [1.82, 2.24) is 15.5 Å². The monoisotopic (exact) mass is 490 g/mol. The standard InChI is InChI=1S/C20H34N4O2.HI/c1-4-21-20(22-9-10-24-11-13-25-14-12-24)23-15-18-7-5-6-8-19(18)26-16-17(2)3;/h5-8,17H,4,9-16H2,1-3H3,(H2,21,22,23);1H. The van der Waals surface area contributed by atoms with Gasteiger partial charge in [0.05, 0.1) is 26.4 Å². The largest absolute Gasteiger partial charge is 0.493 e. The fourth-order valence-corrected chi connectivity index (χ4v) is 2.69. The van der Waals surface area contributed by atoms with E-state index >= 15 is 0 Å². The van der Waals surface area contributed by atoms with Gasteiger partial charge in [-0.1, -0.05) is 32.0 Å². The van der Waals surface area contributed by atoms with Gasteiger partial charge in [-0.25, -0.2) is 4.99 Å². The van der Waals surface area contributed by atoms with Crippen LogP contribution in [0.1, 0.15) is 26.3 Å². The predicted molar refractivity (Wildman–Crippen MR) is 122 cm³/mol. The first-order valence-corrected chi connectivity index (χ1v) is 9.72. The Balaban J connectivity index is 0.00000364. The molecule has 0 radical (unpaired) electrons. The lowest BCUT2D eigenvalue weighted by molar-refractivity contribution is 0.0389. The fraction of sp³-hybridized carbons (Fsp3) is 0.650. The molecule has 1 aromatic rings. The first-order chi connectivity index (χ1) is 12.7. The smallest absolute Gasteiger partial charge is 0.191 e. The number of morpholine rings is 1. The van der Waals surface area contributed by atoms with Crippen molar-refractivity contribution in [3.63, 3.8) is 0 Å². The zero-order valence-corrected chi connectivity index (χ0v) is 19.2. The van der Waals surface area contributed by atoms with Crippen molar-refractivity contribution in [3.8, 4) is 5.75 Å². The van der Waals surface area contributed by atoms with Crippen molar-refractivity contribution < 1.29 is 9.47 Å². The highest BCUT2D eigenvalue weighted by molar-refractivity contribution is 14.0. The first kappa shape index (κ1) is 24.0. The number of nitrogens with zero attached hydrogens (tertiary/aromatic N) is 2. The summed E-state index contributed by atoms with van der Waals surface area (Å²) in [6, 6.07) is 8.14. The molecule has 0 aromatic heterocycles. The molecule has 27 heavy (non-hydrogen) atoms. The highest BCUT2D eigenvalue weighted by Gasteiger charge is 2.10. The third-order valence-electron chi connectivity index (χ3n) is 4.12. The summed E-state index contributed by atoms with van der Waals surface area (Å²) in [5, 5.41) is 6.74. The number of para-hydroxylation sites is 1. The summed E-state index contributed by atoms with van der Waals surface area (Å²) < 4.78 is 11.3. The number of hydrogen-bond donors (Lipinski definition) is 2. The molecule has 2 rings (SSSR count). The molecule has 1 aliphatic rings. The van der Waals surface area contributed by atoms with Crippen LogP contribution in [0, 0.1) is 5.92 Å². The number of halogens is 1. The van der Waals surface area contributed by atoms with Crippen molar-refractivity contribution >= 4 is 29.9 Å². The summed E-state index contributed by atoms with van der Waals surface area (Å²) in [6.07, 6.45) is 0. The van der Waals surface area contributed by atoms with Gasteiger partial charge in [-0.3, -0.25) is 4.90 Å². The van der Waals surface area contributed by atoms with Crippen LogP contribution in [0.4, 0.5) is 0 Å². The van der Waals surface area contributed by atoms with Crippen molar-refractivity contribution in [1.29, 1.82) is 0 Å². The Hall–Kier alpha value is -1.06. The van der Waals surface area contributed by atoms with Gasteiger partial charge < -0.3 is 20.1 Å². The Bertz CT molecular complexity index is 549. The van der Waals surface area contributed by atoms with Crippen LogP contribution in [0.3, 0.4) is 0 Å². The minimum atomic E-state index is 0. The van der Waals surface area contributed by atoms with Gasteiger partial charge in [0.1, 0.15) is 5.75 Å². The molecule has 0 spiro atoms. The van der Waals surface area contributed by atoms with E-state index in [1.54, 1.807) is 0 Å². The van der Waals surface area contributed by atoms with E-state index in [1.807, 2.05) is 18.2 Å². The molecule has 6 nitrogen and oxygen atoms in total. The molecule has 0 amide bonds. The average Bonchev–Trinajstić information content (AvgIpc) is 2.66. The summed E-state index contributed by atoms with van der Waals surface area (Å²) in [6.45, 7) is 14.1. The van der Waals surface area contributed by atoms with Crippen LogP contribution < -0.4 is 15.4 Å². The maximum Gasteiger partial charge on any atom is 0.191 e. The molecule has 1 fully saturated rings. The number of guanidine groups is 1. The molecule has 1 aliphatic heterocycles. The maximum absolute atomic E-state index is 5.92. The second kappa shape index (κ2) is 14.0. The van der Waals surface area contributed by atoms with Crippen LogP contribution in [0.15, 0.2) is 29.3 Å². The van der Waals surface area contributed by atoms with E-state index in [4.69, 9.17) is 14.5 Å². The van der Waals surface area contributed by atoms with Gasteiger partial charge in [-0.05, 0) is 18.9 Å². The van der Waals surface area contributed by atoms with Crippen molar-refractivity contribution in [2.45, 2.75) is 27.3 Å². The zero-order chi connectivity index (χ0) is 18.6. The summed E-state index contributed by atoms with van der Waals surface area (Å²) >= 11 is 0. The highest BCUT2D eigenvalue weighted by atomic mass is 127. The topological polar surface area (TPSA) is 58.1 Å². The Morgan fingerprint density at radius 1 is 1.22 bits per heavy atom.